The fourth-order valence-corrected chi connectivity index (χ4v) is 2.57. The molecule has 0 spiro atoms. The Labute approximate surface area is 162 Å². The molecule has 5 nitrogen and oxygen atoms in total. The van der Waals surface area contributed by atoms with Gasteiger partial charge in [0.2, 0.25) is 5.91 Å². The van der Waals surface area contributed by atoms with Gasteiger partial charge < -0.3 is 19.5 Å². The SMILES string of the molecule is CCOc1ccc(C=CC(=O)NCCOc2cccc(Br)c2)cc1OC. The molecule has 0 aliphatic heterocycles. The molecule has 138 valence electrons. The van der Waals surface area contributed by atoms with Gasteiger partial charge >= 0.3 is 0 Å². The minimum Gasteiger partial charge on any atom is -0.493 e. The Morgan fingerprint density at radius 2 is 2.00 bits per heavy atom. The van der Waals surface area contributed by atoms with Crippen LogP contribution in [0.3, 0.4) is 0 Å². The third-order valence-corrected chi connectivity index (χ3v) is 3.87. The molecule has 0 aromatic heterocycles. The number of methoxy groups -OCH3 is 1. The first-order chi connectivity index (χ1) is 12.6. The van der Waals surface area contributed by atoms with Crippen LogP contribution < -0.4 is 19.5 Å². The van der Waals surface area contributed by atoms with Crippen molar-refractivity contribution in [2.45, 2.75) is 6.92 Å². The molecule has 0 heterocycles. The maximum absolute atomic E-state index is 11.9. The van der Waals surface area contributed by atoms with Crippen molar-refractivity contribution in [2.75, 3.05) is 26.9 Å². The van der Waals surface area contributed by atoms with Crippen LogP contribution in [0.5, 0.6) is 17.2 Å². The van der Waals surface area contributed by atoms with Crippen molar-refractivity contribution in [3.63, 3.8) is 0 Å². The van der Waals surface area contributed by atoms with Gasteiger partial charge in [0.15, 0.2) is 11.5 Å². The largest absolute Gasteiger partial charge is 0.493 e. The van der Waals surface area contributed by atoms with Gasteiger partial charge in [0, 0.05) is 10.5 Å². The Morgan fingerprint density at radius 1 is 1.15 bits per heavy atom. The normalized spacial score (nSPS) is 10.6. The van der Waals surface area contributed by atoms with Crippen LogP contribution in [0.4, 0.5) is 0 Å². The maximum atomic E-state index is 11.9. The Bertz CT molecular complexity index is 761. The molecular formula is C20H22BrNO4. The molecule has 0 fully saturated rings. The number of hydrogen-bond donors (Lipinski definition) is 1. The molecule has 6 heteroatoms. The average Bonchev–Trinajstić information content (AvgIpc) is 2.64. The fraction of sp³-hybridized carbons (Fsp3) is 0.250. The molecule has 2 aromatic rings. The van der Waals surface area contributed by atoms with E-state index in [4.69, 9.17) is 14.2 Å². The molecule has 26 heavy (non-hydrogen) atoms. The van der Waals surface area contributed by atoms with Crippen molar-refractivity contribution in [3.05, 3.63) is 58.6 Å². The number of amides is 1. The second-order valence-corrected chi connectivity index (χ2v) is 6.19. The van der Waals surface area contributed by atoms with E-state index in [0.29, 0.717) is 31.3 Å². The molecule has 1 N–H and O–H groups in total. The zero-order valence-electron chi connectivity index (χ0n) is 14.8. The van der Waals surface area contributed by atoms with Gasteiger partial charge in [-0.1, -0.05) is 28.1 Å². The van der Waals surface area contributed by atoms with Gasteiger partial charge in [0.05, 0.1) is 20.3 Å². The van der Waals surface area contributed by atoms with E-state index in [1.54, 1.807) is 13.2 Å². The zero-order chi connectivity index (χ0) is 18.8. The predicted octanol–water partition coefficient (Wildman–Crippen LogP) is 4.06. The lowest BCUT2D eigenvalue weighted by Gasteiger charge is -2.09. The lowest BCUT2D eigenvalue weighted by molar-refractivity contribution is -0.116. The van der Waals surface area contributed by atoms with Crippen molar-refractivity contribution in [1.29, 1.82) is 0 Å². The van der Waals surface area contributed by atoms with Gasteiger partial charge in [-0.3, -0.25) is 4.79 Å². The summed E-state index contributed by atoms with van der Waals surface area (Å²) in [6.07, 6.45) is 3.21. The van der Waals surface area contributed by atoms with Crippen molar-refractivity contribution in [3.8, 4) is 17.2 Å². The average molecular weight is 420 g/mol. The highest BCUT2D eigenvalue weighted by Gasteiger charge is 2.04. The number of halogens is 1. The Morgan fingerprint density at radius 3 is 2.73 bits per heavy atom. The number of carbonyl (C=O) groups excluding carboxylic acids is 1. The summed E-state index contributed by atoms with van der Waals surface area (Å²) in [5, 5.41) is 2.78. The smallest absolute Gasteiger partial charge is 0.244 e. The van der Waals surface area contributed by atoms with E-state index >= 15 is 0 Å². The standard InChI is InChI=1S/C20H22BrNO4/c1-3-25-18-9-7-15(13-19(18)24-2)8-10-20(23)22-11-12-26-17-6-4-5-16(21)14-17/h4-10,13-14H,3,11-12H2,1-2H3,(H,22,23). The molecule has 2 rings (SSSR count). The van der Waals surface area contributed by atoms with Crippen molar-refractivity contribution in [1.82, 2.24) is 5.32 Å². The van der Waals surface area contributed by atoms with Crippen molar-refractivity contribution < 1.29 is 19.0 Å². The maximum Gasteiger partial charge on any atom is 0.244 e. The minimum absolute atomic E-state index is 0.185. The molecule has 0 radical (unpaired) electrons. The molecule has 0 aliphatic rings. The van der Waals surface area contributed by atoms with Gasteiger partial charge in [-0.05, 0) is 48.9 Å². The monoisotopic (exact) mass is 419 g/mol. The third kappa shape index (κ3) is 6.44. The van der Waals surface area contributed by atoms with Crippen LogP contribution >= 0.6 is 15.9 Å². The van der Waals surface area contributed by atoms with E-state index in [0.717, 1.165) is 15.8 Å². The molecule has 0 saturated carbocycles. The van der Waals surface area contributed by atoms with E-state index in [2.05, 4.69) is 21.2 Å². The first kappa shape index (κ1) is 19.8. The van der Waals surface area contributed by atoms with E-state index in [1.807, 2.05) is 49.4 Å². The molecule has 0 atom stereocenters. The van der Waals surface area contributed by atoms with Crippen molar-refractivity contribution in [2.24, 2.45) is 0 Å². The summed E-state index contributed by atoms with van der Waals surface area (Å²) in [7, 11) is 1.59. The van der Waals surface area contributed by atoms with Gasteiger partial charge in [0.25, 0.3) is 0 Å². The zero-order valence-corrected chi connectivity index (χ0v) is 16.4. The summed E-state index contributed by atoms with van der Waals surface area (Å²) in [6, 6.07) is 13.1. The molecule has 0 aliphatic carbocycles. The first-order valence-corrected chi connectivity index (χ1v) is 9.06. The number of nitrogens with one attached hydrogen (secondary N) is 1. The first-order valence-electron chi connectivity index (χ1n) is 8.27. The number of ether oxygens (including phenoxy) is 3. The number of benzene rings is 2. The fourth-order valence-electron chi connectivity index (χ4n) is 2.19. The van der Waals surface area contributed by atoms with Crippen LogP contribution in [0.2, 0.25) is 0 Å². The van der Waals surface area contributed by atoms with Crippen LogP contribution in [0, 0.1) is 0 Å². The van der Waals surface area contributed by atoms with Crippen LogP contribution in [0.25, 0.3) is 6.08 Å². The van der Waals surface area contributed by atoms with Gasteiger partial charge in [0.1, 0.15) is 12.4 Å². The number of carbonyl (C=O) groups is 1. The highest BCUT2D eigenvalue weighted by Crippen LogP contribution is 2.28. The quantitative estimate of drug-likeness (QED) is 0.491. The molecule has 1 amide bonds. The molecule has 0 saturated heterocycles. The summed E-state index contributed by atoms with van der Waals surface area (Å²) in [6.45, 7) is 3.29. The summed E-state index contributed by atoms with van der Waals surface area (Å²) >= 11 is 3.38. The molecule has 0 bridgehead atoms. The lowest BCUT2D eigenvalue weighted by atomic mass is 10.2. The number of hydrogen-bond acceptors (Lipinski definition) is 4. The van der Waals surface area contributed by atoms with Gasteiger partial charge in [-0.2, -0.15) is 0 Å². The van der Waals surface area contributed by atoms with Crippen LogP contribution in [-0.4, -0.2) is 32.8 Å². The minimum atomic E-state index is -0.185. The summed E-state index contributed by atoms with van der Waals surface area (Å²) < 4.78 is 17.3. The summed E-state index contributed by atoms with van der Waals surface area (Å²) in [5.74, 6) is 1.89. The second kappa shape index (κ2) is 10.5. The number of rotatable bonds is 9. The van der Waals surface area contributed by atoms with E-state index in [9.17, 15) is 4.79 Å². The van der Waals surface area contributed by atoms with Crippen LogP contribution in [0.1, 0.15) is 12.5 Å². The van der Waals surface area contributed by atoms with Gasteiger partial charge in [-0.15, -0.1) is 0 Å². The highest BCUT2D eigenvalue weighted by atomic mass is 79.9. The third-order valence-electron chi connectivity index (χ3n) is 3.38. The molecule has 2 aromatic carbocycles. The van der Waals surface area contributed by atoms with E-state index in [1.165, 1.54) is 6.08 Å². The summed E-state index contributed by atoms with van der Waals surface area (Å²) in [5.41, 5.74) is 0.853. The van der Waals surface area contributed by atoms with Crippen molar-refractivity contribution >= 4 is 27.9 Å². The summed E-state index contributed by atoms with van der Waals surface area (Å²) in [4.78, 5) is 11.9. The lowest BCUT2D eigenvalue weighted by Crippen LogP contribution is -2.26. The Hall–Kier alpha value is -2.47. The molecule has 0 unspecified atom stereocenters. The Balaban J connectivity index is 1.79. The van der Waals surface area contributed by atoms with E-state index < -0.39 is 0 Å². The highest BCUT2D eigenvalue weighted by molar-refractivity contribution is 9.10. The van der Waals surface area contributed by atoms with Crippen LogP contribution in [-0.2, 0) is 4.79 Å². The topological polar surface area (TPSA) is 56.8 Å². The van der Waals surface area contributed by atoms with Gasteiger partial charge in [-0.25, -0.2) is 0 Å². The second-order valence-electron chi connectivity index (χ2n) is 5.27. The van der Waals surface area contributed by atoms with E-state index in [-0.39, 0.29) is 5.91 Å². The van der Waals surface area contributed by atoms with Crippen LogP contribution in [0.15, 0.2) is 53.0 Å². The molecular weight excluding hydrogens is 398 g/mol. The Kier molecular flexibility index (Phi) is 8.02. The predicted molar refractivity (Wildman–Crippen MR) is 106 cm³/mol.